The Morgan fingerprint density at radius 2 is 1.67 bits per heavy atom. The number of ketones is 1. The highest BCUT2D eigenvalue weighted by Crippen LogP contribution is 2.66. The number of rotatable bonds is 2. The minimum Gasteiger partial charge on any atom is -0.325 e. The number of hydrogen-bond acceptors (Lipinski definition) is 4. The molecule has 2 fully saturated rings. The molecule has 0 radical (unpaired) electrons. The number of halogens is 2. The van der Waals surface area contributed by atoms with Crippen LogP contribution in [0.15, 0.2) is 71.2 Å². The molecule has 3 aromatic carbocycles. The molecule has 0 aromatic heterocycles. The third-order valence-electron chi connectivity index (χ3n) is 8.48. The maximum atomic E-state index is 14.7. The Hall–Kier alpha value is -3.00. The topological polar surface area (TPSA) is 78.5 Å². The van der Waals surface area contributed by atoms with Gasteiger partial charge in [0.25, 0.3) is 0 Å². The summed E-state index contributed by atoms with van der Waals surface area (Å²) >= 11 is 9.92. The van der Waals surface area contributed by atoms with Crippen LogP contribution < -0.4 is 10.6 Å². The van der Waals surface area contributed by atoms with Crippen molar-refractivity contribution in [3.8, 4) is 0 Å². The second kappa shape index (κ2) is 7.51. The molecule has 0 unspecified atom stereocenters. The van der Waals surface area contributed by atoms with Crippen LogP contribution in [0.5, 0.6) is 0 Å². The lowest BCUT2D eigenvalue weighted by Gasteiger charge is -2.38. The lowest BCUT2D eigenvalue weighted by Crippen LogP contribution is -2.55. The van der Waals surface area contributed by atoms with Crippen molar-refractivity contribution in [3.63, 3.8) is 0 Å². The number of amides is 2. The number of fused-ring (bicyclic) bond motifs is 7. The van der Waals surface area contributed by atoms with Crippen LogP contribution in [0, 0.1) is 5.92 Å². The molecule has 36 heavy (non-hydrogen) atoms. The molecule has 0 aliphatic carbocycles. The zero-order chi connectivity index (χ0) is 24.8. The summed E-state index contributed by atoms with van der Waals surface area (Å²) in [5, 5.41) is 6.57. The maximum absolute atomic E-state index is 14.7. The zero-order valence-electron chi connectivity index (χ0n) is 19.1. The summed E-state index contributed by atoms with van der Waals surface area (Å²) in [6.45, 7) is 0.603. The Bertz CT molecular complexity index is 1490. The van der Waals surface area contributed by atoms with Gasteiger partial charge in [0, 0.05) is 38.0 Å². The molecule has 4 heterocycles. The van der Waals surface area contributed by atoms with Gasteiger partial charge in [-0.05, 0) is 61.3 Å². The summed E-state index contributed by atoms with van der Waals surface area (Å²) < 4.78 is 0.843. The first-order chi connectivity index (χ1) is 17.4. The van der Waals surface area contributed by atoms with Crippen LogP contribution in [0.2, 0.25) is 5.02 Å². The van der Waals surface area contributed by atoms with E-state index in [2.05, 4.69) is 31.5 Å². The minimum atomic E-state index is -1.36. The molecule has 3 aromatic rings. The monoisotopic (exact) mass is 561 g/mol. The van der Waals surface area contributed by atoms with Gasteiger partial charge in [-0.1, -0.05) is 57.9 Å². The van der Waals surface area contributed by atoms with Crippen molar-refractivity contribution in [2.24, 2.45) is 5.92 Å². The average Bonchev–Trinajstić information content (AvgIpc) is 3.58. The van der Waals surface area contributed by atoms with Crippen molar-refractivity contribution in [1.82, 2.24) is 4.90 Å². The summed E-state index contributed by atoms with van der Waals surface area (Å²) in [5.74, 6) is -1.72. The molecule has 0 bridgehead atoms. The predicted molar refractivity (Wildman–Crippen MR) is 140 cm³/mol. The van der Waals surface area contributed by atoms with Crippen LogP contribution in [0.1, 0.15) is 34.3 Å². The molecule has 6 nitrogen and oxygen atoms in total. The average molecular weight is 563 g/mol. The van der Waals surface area contributed by atoms with E-state index in [1.807, 2.05) is 36.4 Å². The molecule has 2 spiro atoms. The zero-order valence-corrected chi connectivity index (χ0v) is 21.4. The number of carbonyl (C=O) groups excluding carboxylic acids is 3. The third-order valence-corrected chi connectivity index (χ3v) is 9.24. The quantitative estimate of drug-likeness (QED) is 0.425. The Morgan fingerprint density at radius 1 is 0.944 bits per heavy atom. The van der Waals surface area contributed by atoms with Gasteiger partial charge < -0.3 is 10.6 Å². The van der Waals surface area contributed by atoms with Gasteiger partial charge in [-0.3, -0.25) is 19.3 Å². The first-order valence-electron chi connectivity index (χ1n) is 12.0. The number of nitrogens with zero attached hydrogens (tertiary/aromatic N) is 1. The van der Waals surface area contributed by atoms with Gasteiger partial charge in [-0.15, -0.1) is 0 Å². The molecule has 0 saturated carbocycles. The summed E-state index contributed by atoms with van der Waals surface area (Å²) in [5.41, 5.74) is 0.651. The second-order valence-corrected chi connectivity index (χ2v) is 11.3. The summed E-state index contributed by atoms with van der Waals surface area (Å²) in [7, 11) is 0. The van der Waals surface area contributed by atoms with Crippen molar-refractivity contribution in [2.75, 3.05) is 17.2 Å². The Kier molecular flexibility index (Phi) is 4.63. The van der Waals surface area contributed by atoms with E-state index in [4.69, 9.17) is 11.6 Å². The van der Waals surface area contributed by atoms with E-state index in [1.165, 1.54) is 0 Å². The van der Waals surface area contributed by atoms with E-state index in [9.17, 15) is 14.4 Å². The molecule has 4 atom stereocenters. The molecule has 2 saturated heterocycles. The van der Waals surface area contributed by atoms with E-state index in [0.717, 1.165) is 16.5 Å². The highest BCUT2D eigenvalue weighted by Gasteiger charge is 2.78. The lowest BCUT2D eigenvalue weighted by atomic mass is 9.60. The Balaban J connectivity index is 1.59. The first-order valence-corrected chi connectivity index (χ1v) is 13.2. The fraction of sp³-hybridized carbons (Fsp3) is 0.250. The smallest absolute Gasteiger partial charge is 0.250 e. The standard InChI is InChI=1S/C28H21BrClN3O3/c29-16-9-7-15(8-10-16)23(34)24-27(18-4-1-2-5-20(18)31-25(27)35)22-6-3-13-33(22)28(24)19-14-17(30)11-12-21(19)32-26(28)36/h1-2,4-5,7-12,14,22,24H,3,6,13H2,(H,31,35)(H,32,36)/t22-,24+,27+,28-/m0/s1. The van der Waals surface area contributed by atoms with E-state index in [0.29, 0.717) is 40.5 Å². The fourth-order valence-electron chi connectivity index (χ4n) is 7.30. The number of benzene rings is 3. The molecular weight excluding hydrogens is 542 g/mol. The number of nitrogens with one attached hydrogen (secondary N) is 2. The molecule has 2 amide bonds. The van der Waals surface area contributed by atoms with Crippen molar-refractivity contribution in [3.05, 3.63) is 92.9 Å². The van der Waals surface area contributed by atoms with Crippen LogP contribution in [0.25, 0.3) is 0 Å². The lowest BCUT2D eigenvalue weighted by molar-refractivity contribution is -0.128. The van der Waals surface area contributed by atoms with Crippen LogP contribution in [-0.4, -0.2) is 35.1 Å². The number of para-hydroxylation sites is 1. The SMILES string of the molecule is O=C(c1ccc(Br)cc1)[C@@H]1[C@]2(C(=O)Nc3ccccc32)[C@@H]2CCCN2[C@]12C(=O)Nc1ccc(Cl)cc12. The highest BCUT2D eigenvalue weighted by atomic mass is 79.9. The molecule has 2 N–H and O–H groups in total. The van der Waals surface area contributed by atoms with E-state index in [-0.39, 0.29) is 23.6 Å². The largest absolute Gasteiger partial charge is 0.325 e. The highest BCUT2D eigenvalue weighted by molar-refractivity contribution is 9.10. The molecule has 4 aliphatic heterocycles. The van der Waals surface area contributed by atoms with Crippen molar-refractivity contribution >= 4 is 56.5 Å². The summed E-state index contributed by atoms with van der Waals surface area (Å²) in [6.07, 6.45) is 1.53. The molecule has 7 rings (SSSR count). The maximum Gasteiger partial charge on any atom is 0.250 e. The van der Waals surface area contributed by atoms with Crippen LogP contribution >= 0.6 is 27.5 Å². The summed E-state index contributed by atoms with van der Waals surface area (Å²) in [6, 6.07) is 19.7. The Labute approximate surface area is 221 Å². The van der Waals surface area contributed by atoms with Gasteiger partial charge in [-0.2, -0.15) is 0 Å². The molecule has 8 heteroatoms. The van der Waals surface area contributed by atoms with Gasteiger partial charge in [-0.25, -0.2) is 0 Å². The fourth-order valence-corrected chi connectivity index (χ4v) is 7.73. The van der Waals surface area contributed by atoms with Gasteiger partial charge in [0.05, 0.1) is 5.92 Å². The van der Waals surface area contributed by atoms with Gasteiger partial charge in [0.15, 0.2) is 5.78 Å². The van der Waals surface area contributed by atoms with Crippen LogP contribution in [0.4, 0.5) is 11.4 Å². The van der Waals surface area contributed by atoms with E-state index < -0.39 is 16.9 Å². The normalized spacial score (nSPS) is 29.8. The third kappa shape index (κ3) is 2.53. The predicted octanol–water partition coefficient (Wildman–Crippen LogP) is 5.12. The van der Waals surface area contributed by atoms with Gasteiger partial charge in [0.1, 0.15) is 11.0 Å². The van der Waals surface area contributed by atoms with Crippen LogP contribution in [-0.2, 0) is 20.5 Å². The molecular formula is C28H21BrClN3O3. The van der Waals surface area contributed by atoms with Crippen molar-refractivity contribution in [1.29, 1.82) is 0 Å². The molecule has 180 valence electrons. The number of hydrogen-bond donors (Lipinski definition) is 2. The van der Waals surface area contributed by atoms with Crippen molar-refractivity contribution in [2.45, 2.75) is 29.8 Å². The van der Waals surface area contributed by atoms with E-state index >= 15 is 0 Å². The Morgan fingerprint density at radius 3 is 2.47 bits per heavy atom. The first kappa shape index (κ1) is 22.2. The minimum absolute atomic E-state index is 0.226. The molecule has 4 aliphatic rings. The number of Topliss-reactive ketones (excluding diaryl/α,β-unsaturated/α-hetero) is 1. The van der Waals surface area contributed by atoms with E-state index in [1.54, 1.807) is 30.3 Å². The van der Waals surface area contributed by atoms with Crippen molar-refractivity contribution < 1.29 is 14.4 Å². The van der Waals surface area contributed by atoms with Gasteiger partial charge >= 0.3 is 0 Å². The summed E-state index contributed by atoms with van der Waals surface area (Å²) in [4.78, 5) is 45.1. The number of anilines is 2. The van der Waals surface area contributed by atoms with Gasteiger partial charge in [0.2, 0.25) is 11.8 Å². The number of carbonyl (C=O) groups is 3. The second-order valence-electron chi connectivity index (χ2n) is 9.93. The van der Waals surface area contributed by atoms with Crippen LogP contribution in [0.3, 0.4) is 0 Å².